The Morgan fingerprint density at radius 3 is 3.00 bits per heavy atom. The second-order valence-corrected chi connectivity index (χ2v) is 4.57. The molecule has 2 heterocycles. The lowest BCUT2D eigenvalue weighted by Crippen LogP contribution is -2.15. The van der Waals surface area contributed by atoms with Crippen LogP contribution in [-0.4, -0.2) is 20.8 Å². The molecule has 1 N–H and O–H groups in total. The van der Waals surface area contributed by atoms with Gasteiger partial charge >= 0.3 is 0 Å². The third-order valence-electron chi connectivity index (χ3n) is 2.93. The van der Waals surface area contributed by atoms with E-state index in [4.69, 9.17) is 4.42 Å². The van der Waals surface area contributed by atoms with Crippen molar-refractivity contribution < 1.29 is 4.42 Å². The molecule has 0 aromatic carbocycles. The van der Waals surface area contributed by atoms with Gasteiger partial charge in [-0.15, -0.1) is 0 Å². The van der Waals surface area contributed by atoms with Crippen LogP contribution < -0.4 is 5.32 Å². The predicted octanol–water partition coefficient (Wildman–Crippen LogP) is 1.64. The predicted molar refractivity (Wildman–Crippen MR) is 63.3 cm³/mol. The number of aryl methyl sites for hydroxylation is 2. The molecule has 0 amide bonds. The van der Waals surface area contributed by atoms with E-state index in [9.17, 15) is 0 Å². The molecule has 0 spiro atoms. The smallest absolute Gasteiger partial charge is 0.208 e. The highest BCUT2D eigenvalue weighted by Gasteiger charge is 2.21. The monoisotopic (exact) mass is 232 g/mol. The van der Waals surface area contributed by atoms with Crippen LogP contribution in [0, 0.1) is 6.92 Å². The maximum absolute atomic E-state index is 5.71. The topological polar surface area (TPSA) is 55.9 Å². The summed E-state index contributed by atoms with van der Waals surface area (Å²) in [6.45, 7) is 2.68. The summed E-state index contributed by atoms with van der Waals surface area (Å²) < 4.78 is 7.52. The lowest BCUT2D eigenvalue weighted by atomic mass is 10.3. The van der Waals surface area contributed by atoms with Crippen LogP contribution in [0.1, 0.15) is 24.4 Å². The van der Waals surface area contributed by atoms with Gasteiger partial charge in [0, 0.05) is 13.1 Å². The van der Waals surface area contributed by atoms with E-state index in [1.807, 2.05) is 24.7 Å². The molecule has 1 aliphatic rings. The van der Waals surface area contributed by atoms with Gasteiger partial charge in [-0.05, 0) is 25.8 Å². The minimum Gasteiger partial charge on any atom is -0.438 e. The minimum atomic E-state index is 0.671. The molecule has 1 fully saturated rings. The van der Waals surface area contributed by atoms with Crippen LogP contribution in [0.25, 0.3) is 11.5 Å². The molecule has 0 aliphatic heterocycles. The Hall–Kier alpha value is -1.62. The van der Waals surface area contributed by atoms with Crippen molar-refractivity contribution in [3.8, 4) is 11.5 Å². The lowest BCUT2D eigenvalue weighted by molar-refractivity contribution is 0.473. The molecule has 1 saturated carbocycles. The van der Waals surface area contributed by atoms with E-state index < -0.39 is 0 Å². The largest absolute Gasteiger partial charge is 0.438 e. The quantitative estimate of drug-likeness (QED) is 0.870. The van der Waals surface area contributed by atoms with Crippen LogP contribution in [0.2, 0.25) is 0 Å². The Balaban J connectivity index is 1.76. The van der Waals surface area contributed by atoms with E-state index in [-0.39, 0.29) is 0 Å². The average Bonchev–Trinajstić information content (AvgIpc) is 2.90. The molecule has 5 nitrogen and oxygen atoms in total. The summed E-state index contributed by atoms with van der Waals surface area (Å²) in [5, 5.41) is 7.67. The number of rotatable bonds is 4. The number of nitrogens with zero attached hydrogens (tertiary/aromatic N) is 3. The Kier molecular flexibility index (Phi) is 2.48. The summed E-state index contributed by atoms with van der Waals surface area (Å²) in [4.78, 5) is 4.27. The third-order valence-corrected chi connectivity index (χ3v) is 2.93. The number of aromatic nitrogens is 3. The normalized spacial score (nSPS) is 15.4. The molecule has 0 atom stereocenters. The van der Waals surface area contributed by atoms with E-state index >= 15 is 0 Å². The number of oxazole rings is 1. The van der Waals surface area contributed by atoms with E-state index in [1.54, 1.807) is 6.20 Å². The van der Waals surface area contributed by atoms with Gasteiger partial charge in [-0.3, -0.25) is 4.68 Å². The standard InChI is InChI=1S/C12H16N4O/c1-8-5-10(16(2)15-8)11-6-14-12(17-11)7-13-9-3-4-9/h5-6,9,13H,3-4,7H2,1-2H3. The summed E-state index contributed by atoms with van der Waals surface area (Å²) in [6.07, 6.45) is 4.31. The van der Waals surface area contributed by atoms with Crippen LogP contribution in [0.15, 0.2) is 16.7 Å². The van der Waals surface area contributed by atoms with Crippen molar-refractivity contribution >= 4 is 0 Å². The summed E-state index contributed by atoms with van der Waals surface area (Å²) in [5.74, 6) is 1.52. The fourth-order valence-electron chi connectivity index (χ4n) is 1.87. The van der Waals surface area contributed by atoms with Crippen molar-refractivity contribution in [2.45, 2.75) is 32.4 Å². The van der Waals surface area contributed by atoms with Crippen molar-refractivity contribution in [2.24, 2.45) is 7.05 Å². The zero-order valence-electron chi connectivity index (χ0n) is 10.1. The van der Waals surface area contributed by atoms with Gasteiger partial charge in [0.1, 0.15) is 5.69 Å². The van der Waals surface area contributed by atoms with E-state index in [1.165, 1.54) is 12.8 Å². The van der Waals surface area contributed by atoms with E-state index in [0.717, 1.165) is 23.0 Å². The van der Waals surface area contributed by atoms with Gasteiger partial charge in [0.05, 0.1) is 18.4 Å². The third kappa shape index (κ3) is 2.24. The fourth-order valence-corrected chi connectivity index (χ4v) is 1.87. The Labute approximate surface area is 99.8 Å². The molecule has 5 heteroatoms. The molecular formula is C12H16N4O. The molecule has 1 aliphatic carbocycles. The van der Waals surface area contributed by atoms with Crippen molar-refractivity contribution in [3.63, 3.8) is 0 Å². The Morgan fingerprint density at radius 2 is 2.35 bits per heavy atom. The molecule has 2 aromatic heterocycles. The van der Waals surface area contributed by atoms with Gasteiger partial charge in [-0.2, -0.15) is 5.10 Å². The molecule has 0 radical (unpaired) electrons. The molecule has 0 unspecified atom stereocenters. The molecule has 0 bridgehead atoms. The number of nitrogens with one attached hydrogen (secondary N) is 1. The van der Waals surface area contributed by atoms with Crippen molar-refractivity contribution in [1.82, 2.24) is 20.1 Å². The highest BCUT2D eigenvalue weighted by molar-refractivity contribution is 5.51. The van der Waals surface area contributed by atoms with Crippen LogP contribution in [0.5, 0.6) is 0 Å². The molecule has 3 rings (SSSR count). The molecule has 2 aromatic rings. The lowest BCUT2D eigenvalue weighted by Gasteiger charge is -1.98. The zero-order chi connectivity index (χ0) is 11.8. The van der Waals surface area contributed by atoms with Crippen LogP contribution >= 0.6 is 0 Å². The highest BCUT2D eigenvalue weighted by atomic mass is 16.4. The first-order valence-corrected chi connectivity index (χ1v) is 5.91. The van der Waals surface area contributed by atoms with Crippen molar-refractivity contribution in [1.29, 1.82) is 0 Å². The van der Waals surface area contributed by atoms with Crippen molar-refractivity contribution in [3.05, 3.63) is 23.8 Å². The first-order chi connectivity index (χ1) is 8.22. The number of hydrogen-bond acceptors (Lipinski definition) is 4. The Morgan fingerprint density at radius 1 is 1.53 bits per heavy atom. The molecule has 0 saturated heterocycles. The van der Waals surface area contributed by atoms with Gasteiger partial charge in [-0.25, -0.2) is 4.98 Å². The first-order valence-electron chi connectivity index (χ1n) is 5.91. The minimum absolute atomic E-state index is 0.671. The van der Waals surface area contributed by atoms with Gasteiger partial charge in [0.25, 0.3) is 0 Å². The first kappa shape index (κ1) is 10.5. The molecular weight excluding hydrogens is 216 g/mol. The summed E-state index contributed by atoms with van der Waals surface area (Å²) in [5.41, 5.74) is 1.95. The maximum Gasteiger partial charge on any atom is 0.208 e. The number of hydrogen-bond donors (Lipinski definition) is 1. The van der Waals surface area contributed by atoms with Gasteiger partial charge < -0.3 is 9.73 Å². The highest BCUT2D eigenvalue weighted by Crippen LogP contribution is 2.22. The zero-order valence-corrected chi connectivity index (χ0v) is 10.1. The van der Waals surface area contributed by atoms with Crippen molar-refractivity contribution in [2.75, 3.05) is 0 Å². The molecule has 90 valence electrons. The fraction of sp³-hybridized carbons (Fsp3) is 0.500. The van der Waals surface area contributed by atoms with Crippen LogP contribution in [-0.2, 0) is 13.6 Å². The summed E-state index contributed by atoms with van der Waals surface area (Å²) >= 11 is 0. The van der Waals surface area contributed by atoms with E-state index in [0.29, 0.717) is 12.6 Å². The van der Waals surface area contributed by atoms with Crippen LogP contribution in [0.4, 0.5) is 0 Å². The van der Waals surface area contributed by atoms with Gasteiger partial charge in [0.15, 0.2) is 5.76 Å². The van der Waals surface area contributed by atoms with Crippen LogP contribution in [0.3, 0.4) is 0 Å². The van der Waals surface area contributed by atoms with Gasteiger partial charge in [0.2, 0.25) is 5.89 Å². The van der Waals surface area contributed by atoms with E-state index in [2.05, 4.69) is 15.4 Å². The maximum atomic E-state index is 5.71. The van der Waals surface area contributed by atoms with Gasteiger partial charge in [-0.1, -0.05) is 0 Å². The summed E-state index contributed by atoms with van der Waals surface area (Å²) in [7, 11) is 1.91. The second kappa shape index (κ2) is 4.00. The average molecular weight is 232 g/mol. The molecule has 17 heavy (non-hydrogen) atoms. The Bertz CT molecular complexity index is 524. The SMILES string of the molecule is Cc1cc(-c2cnc(CNC3CC3)o2)n(C)n1. The second-order valence-electron chi connectivity index (χ2n) is 4.57. The summed E-state index contributed by atoms with van der Waals surface area (Å²) in [6, 6.07) is 2.67.